The molecule has 1 atom stereocenters. The van der Waals surface area contributed by atoms with Crippen molar-refractivity contribution in [1.82, 2.24) is 4.90 Å². The zero-order chi connectivity index (χ0) is 16.8. The maximum atomic E-state index is 12.9. The number of benzene rings is 1. The van der Waals surface area contributed by atoms with Gasteiger partial charge in [0.15, 0.2) is 0 Å². The minimum absolute atomic E-state index is 0.0428. The molecule has 23 heavy (non-hydrogen) atoms. The van der Waals surface area contributed by atoms with Crippen LogP contribution in [0.15, 0.2) is 18.2 Å². The van der Waals surface area contributed by atoms with Gasteiger partial charge in [-0.25, -0.2) is 0 Å². The Morgan fingerprint density at radius 2 is 1.78 bits per heavy atom. The number of amides is 2. The number of rotatable bonds is 3. The van der Waals surface area contributed by atoms with Gasteiger partial charge in [0, 0.05) is 11.2 Å². The van der Waals surface area contributed by atoms with Crippen molar-refractivity contribution in [3.05, 3.63) is 34.3 Å². The van der Waals surface area contributed by atoms with E-state index in [0.29, 0.717) is 17.9 Å². The molecule has 0 radical (unpaired) electrons. The first-order valence-corrected chi connectivity index (χ1v) is 10.1. The average Bonchev–Trinajstić information content (AvgIpc) is 2.79. The van der Waals surface area contributed by atoms with Crippen LogP contribution in [0.4, 0.5) is 0 Å². The van der Waals surface area contributed by atoms with Crippen LogP contribution in [-0.2, 0) is 4.57 Å². The fraction of sp³-hybridized carbons (Fsp3) is 0.500. The SMILES string of the molecule is CCP(=O)(O)C1(N2C(=O)c3ccc(Cl)cc3C2=O)CCCCC1. The lowest BCUT2D eigenvalue weighted by Gasteiger charge is -2.45. The lowest BCUT2D eigenvalue weighted by molar-refractivity contribution is 0.0466. The fourth-order valence-corrected chi connectivity index (χ4v) is 6.00. The molecule has 1 N–H and O–H groups in total. The quantitative estimate of drug-likeness (QED) is 0.659. The molecule has 1 aliphatic heterocycles. The van der Waals surface area contributed by atoms with Gasteiger partial charge in [0.05, 0.1) is 11.1 Å². The molecule has 0 spiro atoms. The second-order valence-electron chi connectivity index (χ2n) is 6.20. The predicted molar refractivity (Wildman–Crippen MR) is 88.1 cm³/mol. The number of carbonyl (C=O) groups excluding carboxylic acids is 2. The van der Waals surface area contributed by atoms with E-state index in [1.165, 1.54) is 12.1 Å². The molecule has 1 unspecified atom stereocenters. The van der Waals surface area contributed by atoms with Crippen molar-refractivity contribution in [1.29, 1.82) is 0 Å². The summed E-state index contributed by atoms with van der Waals surface area (Å²) in [6.07, 6.45) is 3.22. The van der Waals surface area contributed by atoms with E-state index in [2.05, 4.69) is 0 Å². The summed E-state index contributed by atoms with van der Waals surface area (Å²) in [4.78, 5) is 37.3. The van der Waals surface area contributed by atoms with Gasteiger partial charge in [0.25, 0.3) is 11.8 Å². The first kappa shape index (κ1) is 16.7. The second-order valence-corrected chi connectivity index (χ2v) is 9.50. The largest absolute Gasteiger partial charge is 0.343 e. The molecule has 5 nitrogen and oxygen atoms in total. The van der Waals surface area contributed by atoms with E-state index in [1.54, 1.807) is 13.0 Å². The molecular formula is C16H19ClNO4P. The van der Waals surface area contributed by atoms with Gasteiger partial charge in [-0.3, -0.25) is 19.1 Å². The van der Waals surface area contributed by atoms with Crippen LogP contribution in [0.2, 0.25) is 5.02 Å². The van der Waals surface area contributed by atoms with Crippen molar-refractivity contribution in [3.63, 3.8) is 0 Å². The molecule has 3 rings (SSSR count). The Labute approximate surface area is 140 Å². The van der Waals surface area contributed by atoms with Crippen LogP contribution < -0.4 is 0 Å². The predicted octanol–water partition coefficient (Wildman–Crippen LogP) is 3.89. The highest BCUT2D eigenvalue weighted by Crippen LogP contribution is 2.63. The van der Waals surface area contributed by atoms with Gasteiger partial charge in [-0.2, -0.15) is 0 Å². The summed E-state index contributed by atoms with van der Waals surface area (Å²) in [6, 6.07) is 4.53. The third-order valence-electron chi connectivity index (χ3n) is 5.00. The van der Waals surface area contributed by atoms with Crippen LogP contribution in [0, 0.1) is 0 Å². The van der Waals surface area contributed by atoms with Crippen LogP contribution in [-0.4, -0.2) is 33.0 Å². The number of carbonyl (C=O) groups is 2. The molecule has 1 aromatic carbocycles. The zero-order valence-corrected chi connectivity index (χ0v) is 14.6. The average molecular weight is 356 g/mol. The number of hydrogen-bond acceptors (Lipinski definition) is 3. The maximum Gasteiger partial charge on any atom is 0.262 e. The monoisotopic (exact) mass is 355 g/mol. The van der Waals surface area contributed by atoms with Crippen molar-refractivity contribution in [2.75, 3.05) is 6.16 Å². The lowest BCUT2D eigenvalue weighted by atomic mass is 9.93. The van der Waals surface area contributed by atoms with E-state index in [4.69, 9.17) is 11.6 Å². The number of imide groups is 1. The Morgan fingerprint density at radius 3 is 2.39 bits per heavy atom. The van der Waals surface area contributed by atoms with Crippen molar-refractivity contribution >= 4 is 30.8 Å². The fourth-order valence-electron chi connectivity index (χ4n) is 3.73. The van der Waals surface area contributed by atoms with E-state index in [-0.39, 0.29) is 17.3 Å². The standard InChI is InChI=1S/C16H19ClNO4P/c1-2-23(21,22)16(8-4-3-5-9-16)18-14(19)12-7-6-11(17)10-13(12)15(18)20/h6-7,10H,2-5,8-9H2,1H3,(H,21,22). The molecule has 7 heteroatoms. The van der Waals surface area contributed by atoms with Crippen molar-refractivity contribution < 1.29 is 19.0 Å². The first-order valence-electron chi connectivity index (χ1n) is 7.84. The minimum atomic E-state index is -3.69. The summed E-state index contributed by atoms with van der Waals surface area (Å²) in [7, 11) is -3.69. The molecule has 1 aromatic rings. The summed E-state index contributed by atoms with van der Waals surface area (Å²) in [5, 5.41) is -0.910. The van der Waals surface area contributed by atoms with Gasteiger partial charge in [-0.1, -0.05) is 37.8 Å². The molecule has 0 aromatic heterocycles. The molecule has 1 heterocycles. The normalized spacial score (nSPS) is 22.8. The Morgan fingerprint density at radius 1 is 1.17 bits per heavy atom. The molecule has 1 fully saturated rings. The Kier molecular flexibility index (Phi) is 4.16. The van der Waals surface area contributed by atoms with Gasteiger partial charge in [-0.15, -0.1) is 0 Å². The van der Waals surface area contributed by atoms with Crippen molar-refractivity contribution in [3.8, 4) is 0 Å². The molecular weight excluding hydrogens is 337 g/mol. The van der Waals surface area contributed by atoms with E-state index < -0.39 is 24.5 Å². The number of nitrogens with zero attached hydrogens (tertiary/aromatic N) is 1. The highest BCUT2D eigenvalue weighted by atomic mass is 35.5. The lowest BCUT2D eigenvalue weighted by Crippen LogP contribution is -2.52. The maximum absolute atomic E-state index is 12.9. The van der Waals surface area contributed by atoms with Crippen LogP contribution >= 0.6 is 19.0 Å². The topological polar surface area (TPSA) is 74.7 Å². The number of hydrogen-bond donors (Lipinski definition) is 1. The van der Waals surface area contributed by atoms with Crippen LogP contribution in [0.5, 0.6) is 0 Å². The number of halogens is 1. The van der Waals surface area contributed by atoms with E-state index in [0.717, 1.165) is 24.2 Å². The zero-order valence-electron chi connectivity index (χ0n) is 12.9. The molecule has 0 bridgehead atoms. The summed E-state index contributed by atoms with van der Waals surface area (Å²) in [5.41, 5.74) is 0.490. The van der Waals surface area contributed by atoms with Gasteiger partial charge >= 0.3 is 0 Å². The molecule has 2 aliphatic rings. The van der Waals surface area contributed by atoms with Crippen LogP contribution in [0.1, 0.15) is 59.7 Å². The first-order chi connectivity index (χ1) is 10.8. The second kappa shape index (κ2) is 5.73. The van der Waals surface area contributed by atoms with E-state index in [1.807, 2.05) is 0 Å². The minimum Gasteiger partial charge on any atom is -0.343 e. The smallest absolute Gasteiger partial charge is 0.262 e. The third kappa shape index (κ3) is 2.37. The highest BCUT2D eigenvalue weighted by molar-refractivity contribution is 7.59. The highest BCUT2D eigenvalue weighted by Gasteiger charge is 2.57. The van der Waals surface area contributed by atoms with Crippen LogP contribution in [0.25, 0.3) is 0 Å². The Balaban J connectivity index is 2.14. The summed E-state index contributed by atoms with van der Waals surface area (Å²) >= 11 is 5.94. The van der Waals surface area contributed by atoms with Gasteiger partial charge in [-0.05, 0) is 31.0 Å². The summed E-state index contributed by atoms with van der Waals surface area (Å²) in [5.74, 6) is -0.983. The molecule has 2 amide bonds. The van der Waals surface area contributed by atoms with E-state index in [9.17, 15) is 19.0 Å². The van der Waals surface area contributed by atoms with Gasteiger partial charge in [0.2, 0.25) is 7.37 Å². The summed E-state index contributed by atoms with van der Waals surface area (Å²) < 4.78 is 12.9. The van der Waals surface area contributed by atoms with Gasteiger partial charge in [0.1, 0.15) is 5.28 Å². The molecule has 124 valence electrons. The Bertz CT molecular complexity index is 727. The summed E-state index contributed by atoms with van der Waals surface area (Å²) in [6.45, 7) is 1.63. The number of fused-ring (bicyclic) bond motifs is 1. The molecule has 1 aliphatic carbocycles. The third-order valence-corrected chi connectivity index (χ3v) is 8.04. The molecule has 1 saturated carbocycles. The van der Waals surface area contributed by atoms with Crippen molar-refractivity contribution in [2.45, 2.75) is 44.3 Å². The molecule has 0 saturated heterocycles. The van der Waals surface area contributed by atoms with Gasteiger partial charge < -0.3 is 4.89 Å². The van der Waals surface area contributed by atoms with Crippen molar-refractivity contribution in [2.24, 2.45) is 0 Å². The Hall–Kier alpha value is -1.16. The van der Waals surface area contributed by atoms with E-state index >= 15 is 0 Å². The van der Waals surface area contributed by atoms with Crippen LogP contribution in [0.3, 0.4) is 0 Å².